The molecule has 1 aliphatic carbocycles. The van der Waals surface area contributed by atoms with Crippen LogP contribution in [0.3, 0.4) is 0 Å². The van der Waals surface area contributed by atoms with Crippen molar-refractivity contribution in [1.29, 1.82) is 0 Å². The zero-order chi connectivity index (χ0) is 18.1. The van der Waals surface area contributed by atoms with Crippen molar-refractivity contribution in [3.63, 3.8) is 0 Å². The summed E-state index contributed by atoms with van der Waals surface area (Å²) in [6.45, 7) is 4.42. The largest absolute Gasteiger partial charge is 0.485 e. The van der Waals surface area contributed by atoms with E-state index in [-0.39, 0.29) is 12.5 Å². The number of carbonyl (C=O) groups is 1. The monoisotopic (exact) mass is 350 g/mol. The zero-order valence-corrected chi connectivity index (χ0v) is 15.0. The smallest absolute Gasteiger partial charge is 0.282 e. The molecule has 0 spiro atoms. The van der Waals surface area contributed by atoms with Gasteiger partial charge in [0.05, 0.1) is 5.70 Å². The minimum Gasteiger partial charge on any atom is -0.485 e. The van der Waals surface area contributed by atoms with Crippen molar-refractivity contribution in [3.8, 4) is 11.5 Å². The highest BCUT2D eigenvalue weighted by molar-refractivity contribution is 5.83. The van der Waals surface area contributed by atoms with Gasteiger partial charge in [0.25, 0.3) is 5.91 Å². The third kappa shape index (κ3) is 3.12. The van der Waals surface area contributed by atoms with Gasteiger partial charge in [-0.1, -0.05) is 29.8 Å². The second-order valence-electron chi connectivity index (χ2n) is 6.74. The summed E-state index contributed by atoms with van der Waals surface area (Å²) in [6, 6.07) is 11.7. The SMILES string of the molecule is Cc1cc(C)c2c(c1)C(NNC(=O)[C@H]1COc3ccccc3O1)=CCC2. The number of aryl methyl sites for hydroxylation is 2. The molecule has 0 fully saturated rings. The maximum absolute atomic E-state index is 12.5. The van der Waals surface area contributed by atoms with Gasteiger partial charge in [-0.3, -0.25) is 15.6 Å². The number of hydrazine groups is 1. The molecule has 0 bridgehead atoms. The maximum atomic E-state index is 12.5. The molecule has 4 rings (SSSR count). The molecule has 2 aliphatic rings. The predicted molar refractivity (Wildman–Crippen MR) is 99.8 cm³/mol. The summed E-state index contributed by atoms with van der Waals surface area (Å²) in [7, 11) is 0. The van der Waals surface area contributed by atoms with Crippen LogP contribution < -0.4 is 20.3 Å². The summed E-state index contributed by atoms with van der Waals surface area (Å²) in [5.74, 6) is 1.00. The fourth-order valence-electron chi connectivity index (χ4n) is 3.52. The highest BCUT2D eigenvalue weighted by atomic mass is 16.6. The fourth-order valence-corrected chi connectivity index (χ4v) is 3.52. The molecule has 0 saturated carbocycles. The van der Waals surface area contributed by atoms with E-state index in [0.29, 0.717) is 11.5 Å². The van der Waals surface area contributed by atoms with Gasteiger partial charge in [-0.2, -0.15) is 0 Å². The normalized spacial score (nSPS) is 17.8. The Kier molecular flexibility index (Phi) is 4.29. The van der Waals surface area contributed by atoms with Crippen LogP contribution in [0.2, 0.25) is 0 Å². The molecule has 0 radical (unpaired) electrons. The summed E-state index contributed by atoms with van der Waals surface area (Å²) in [5.41, 5.74) is 11.8. The molecule has 134 valence electrons. The van der Waals surface area contributed by atoms with Crippen LogP contribution in [0.4, 0.5) is 0 Å². The van der Waals surface area contributed by atoms with Crippen LogP contribution in [0.5, 0.6) is 11.5 Å². The standard InChI is InChI=1S/C21H22N2O3/c1-13-10-14(2)15-6-5-7-17(16(15)11-13)22-23-21(24)20-12-25-18-8-3-4-9-19(18)26-20/h3-4,7-11,20,22H,5-6,12H2,1-2H3,(H,23,24)/t20-/m1/s1. The second kappa shape index (κ2) is 6.75. The Morgan fingerprint density at radius 2 is 1.96 bits per heavy atom. The van der Waals surface area contributed by atoms with Crippen LogP contribution in [0.15, 0.2) is 42.5 Å². The van der Waals surface area contributed by atoms with Crippen molar-refractivity contribution < 1.29 is 14.3 Å². The van der Waals surface area contributed by atoms with E-state index >= 15 is 0 Å². The van der Waals surface area contributed by atoms with E-state index in [4.69, 9.17) is 9.47 Å². The minimum atomic E-state index is -0.680. The maximum Gasteiger partial charge on any atom is 0.282 e. The lowest BCUT2D eigenvalue weighted by Gasteiger charge is -2.27. The van der Waals surface area contributed by atoms with Crippen molar-refractivity contribution in [1.82, 2.24) is 10.9 Å². The topological polar surface area (TPSA) is 59.6 Å². The number of hydrogen-bond acceptors (Lipinski definition) is 4. The van der Waals surface area contributed by atoms with Crippen LogP contribution in [0.1, 0.15) is 28.7 Å². The molecule has 1 atom stereocenters. The lowest BCUT2D eigenvalue weighted by molar-refractivity contribution is -0.131. The second-order valence-corrected chi connectivity index (χ2v) is 6.74. The quantitative estimate of drug-likeness (QED) is 0.836. The molecular formula is C21H22N2O3. The van der Waals surface area contributed by atoms with Gasteiger partial charge in [0, 0.05) is 5.56 Å². The molecule has 1 aliphatic heterocycles. The molecule has 26 heavy (non-hydrogen) atoms. The summed E-state index contributed by atoms with van der Waals surface area (Å²) >= 11 is 0. The molecule has 0 aromatic heterocycles. The van der Waals surface area contributed by atoms with Crippen LogP contribution in [-0.4, -0.2) is 18.6 Å². The van der Waals surface area contributed by atoms with E-state index in [1.807, 2.05) is 18.2 Å². The van der Waals surface area contributed by atoms with Gasteiger partial charge in [0.15, 0.2) is 11.5 Å². The van der Waals surface area contributed by atoms with Crippen LogP contribution in [0.25, 0.3) is 5.70 Å². The number of allylic oxidation sites excluding steroid dienone is 1. The first-order valence-corrected chi connectivity index (χ1v) is 8.87. The Bertz CT molecular complexity index is 889. The summed E-state index contributed by atoms with van der Waals surface area (Å²) in [5, 5.41) is 0. The first-order chi connectivity index (χ1) is 12.6. The Hall–Kier alpha value is -2.95. The molecule has 2 N–H and O–H groups in total. The number of carbonyl (C=O) groups excluding carboxylic acids is 1. The number of benzene rings is 2. The van der Waals surface area contributed by atoms with Crippen LogP contribution in [0, 0.1) is 13.8 Å². The highest BCUT2D eigenvalue weighted by Gasteiger charge is 2.27. The molecule has 1 amide bonds. The number of para-hydroxylation sites is 2. The van der Waals surface area contributed by atoms with Crippen LogP contribution >= 0.6 is 0 Å². The summed E-state index contributed by atoms with van der Waals surface area (Å²) in [4.78, 5) is 12.5. The molecule has 2 aromatic rings. The van der Waals surface area contributed by atoms with Gasteiger partial charge in [0.1, 0.15) is 6.61 Å². The van der Waals surface area contributed by atoms with E-state index in [2.05, 4.69) is 42.9 Å². The highest BCUT2D eigenvalue weighted by Crippen LogP contribution is 2.31. The molecule has 2 aromatic carbocycles. The molecule has 5 heteroatoms. The number of fused-ring (bicyclic) bond motifs is 2. The Morgan fingerprint density at radius 1 is 1.15 bits per heavy atom. The lowest BCUT2D eigenvalue weighted by atomic mass is 9.89. The minimum absolute atomic E-state index is 0.193. The van der Waals surface area contributed by atoms with Gasteiger partial charge in [-0.25, -0.2) is 0 Å². The Morgan fingerprint density at radius 3 is 2.81 bits per heavy atom. The molecule has 0 unspecified atom stereocenters. The molecule has 5 nitrogen and oxygen atoms in total. The average Bonchev–Trinajstić information content (AvgIpc) is 2.65. The number of nitrogens with one attached hydrogen (secondary N) is 2. The van der Waals surface area contributed by atoms with E-state index < -0.39 is 6.10 Å². The van der Waals surface area contributed by atoms with E-state index in [1.165, 1.54) is 16.7 Å². The number of ether oxygens (including phenoxy) is 2. The predicted octanol–water partition coefficient (Wildman–Crippen LogP) is 3.05. The van der Waals surface area contributed by atoms with Gasteiger partial charge in [0.2, 0.25) is 6.10 Å². The molecule has 1 heterocycles. The van der Waals surface area contributed by atoms with E-state index in [9.17, 15) is 4.79 Å². The molecule has 0 saturated heterocycles. The zero-order valence-electron chi connectivity index (χ0n) is 15.0. The van der Waals surface area contributed by atoms with Crippen molar-refractivity contribution in [3.05, 3.63) is 64.7 Å². The Balaban J connectivity index is 1.44. The summed E-state index contributed by atoms with van der Waals surface area (Å²) < 4.78 is 11.4. The van der Waals surface area contributed by atoms with Crippen LogP contribution in [-0.2, 0) is 11.2 Å². The lowest BCUT2D eigenvalue weighted by Crippen LogP contribution is -2.48. The third-order valence-corrected chi connectivity index (χ3v) is 4.77. The van der Waals surface area contributed by atoms with Gasteiger partial charge >= 0.3 is 0 Å². The summed E-state index contributed by atoms with van der Waals surface area (Å²) in [6.07, 6.45) is 3.41. The number of rotatable bonds is 3. The van der Waals surface area contributed by atoms with Gasteiger partial charge in [-0.15, -0.1) is 0 Å². The average molecular weight is 350 g/mol. The van der Waals surface area contributed by atoms with Gasteiger partial charge < -0.3 is 9.47 Å². The van der Waals surface area contributed by atoms with Gasteiger partial charge in [-0.05, 0) is 56.0 Å². The van der Waals surface area contributed by atoms with Crippen molar-refractivity contribution in [2.24, 2.45) is 0 Å². The fraction of sp³-hybridized carbons (Fsp3) is 0.286. The van der Waals surface area contributed by atoms with E-state index in [0.717, 1.165) is 24.1 Å². The van der Waals surface area contributed by atoms with Crippen molar-refractivity contribution in [2.75, 3.05) is 6.61 Å². The third-order valence-electron chi connectivity index (χ3n) is 4.77. The van der Waals surface area contributed by atoms with E-state index in [1.54, 1.807) is 6.07 Å². The van der Waals surface area contributed by atoms with Crippen molar-refractivity contribution >= 4 is 11.6 Å². The van der Waals surface area contributed by atoms with Crippen molar-refractivity contribution in [2.45, 2.75) is 32.8 Å². The molecular weight excluding hydrogens is 328 g/mol. The first kappa shape index (κ1) is 16.5. The number of amides is 1. The first-order valence-electron chi connectivity index (χ1n) is 8.87. The Labute approximate surface area is 153 Å². The number of hydrogen-bond donors (Lipinski definition) is 2.